The van der Waals surface area contributed by atoms with Crippen molar-refractivity contribution in [3.05, 3.63) is 65.4 Å². The Hall–Kier alpha value is -3.45. The third-order valence-electron chi connectivity index (χ3n) is 4.39. The van der Waals surface area contributed by atoms with Crippen LogP contribution in [0, 0.1) is 0 Å². The van der Waals surface area contributed by atoms with E-state index >= 15 is 0 Å². The van der Waals surface area contributed by atoms with E-state index < -0.39 is 18.0 Å². The summed E-state index contributed by atoms with van der Waals surface area (Å²) in [4.78, 5) is 36.8. The summed E-state index contributed by atoms with van der Waals surface area (Å²) in [7, 11) is 1.51. The number of para-hydroxylation sites is 2. The Labute approximate surface area is 167 Å². The molecule has 1 heterocycles. The van der Waals surface area contributed by atoms with Crippen molar-refractivity contribution in [3.8, 4) is 0 Å². The van der Waals surface area contributed by atoms with Crippen molar-refractivity contribution in [2.75, 3.05) is 12.4 Å². The molecule has 0 aliphatic heterocycles. The minimum absolute atomic E-state index is 0.00293. The summed E-state index contributed by atoms with van der Waals surface area (Å²) in [6, 6.07) is 13.8. The largest absolute Gasteiger partial charge is 0.449 e. The zero-order valence-corrected chi connectivity index (χ0v) is 16.4. The fourth-order valence-corrected chi connectivity index (χ4v) is 2.95. The van der Waals surface area contributed by atoms with Gasteiger partial charge in [0.2, 0.25) is 5.76 Å². The molecule has 7 heteroatoms. The number of furan rings is 1. The highest BCUT2D eigenvalue weighted by atomic mass is 16.6. The van der Waals surface area contributed by atoms with E-state index in [1.165, 1.54) is 21.0 Å². The molecule has 0 fully saturated rings. The molecule has 7 nitrogen and oxygen atoms in total. The van der Waals surface area contributed by atoms with Crippen LogP contribution in [0.2, 0.25) is 0 Å². The molecular formula is C22H21NO6. The van der Waals surface area contributed by atoms with Crippen LogP contribution in [0.3, 0.4) is 0 Å². The number of ether oxygens (including phenoxy) is 2. The van der Waals surface area contributed by atoms with Crippen molar-refractivity contribution in [2.24, 2.45) is 0 Å². The zero-order chi connectivity index (χ0) is 21.0. The van der Waals surface area contributed by atoms with Gasteiger partial charge in [-0.15, -0.1) is 0 Å². The lowest BCUT2D eigenvalue weighted by molar-refractivity contribution is -0.123. The first-order valence-electron chi connectivity index (χ1n) is 9.03. The Balaban J connectivity index is 1.77. The standard InChI is InChI=1S/C22H21NO6/c1-13(24)15-8-4-6-10-18(15)23-21(25)14(2)28-22(26)20-17(12-27-3)16-9-5-7-11-19(16)29-20/h4-11,14H,12H2,1-3H3,(H,23,25). The number of esters is 1. The topological polar surface area (TPSA) is 94.8 Å². The second-order valence-electron chi connectivity index (χ2n) is 6.48. The van der Waals surface area contributed by atoms with Crippen LogP contribution in [0.1, 0.15) is 40.3 Å². The molecule has 1 amide bonds. The number of methoxy groups -OCH3 is 1. The fraction of sp³-hybridized carbons (Fsp3) is 0.227. The highest BCUT2D eigenvalue weighted by molar-refractivity contribution is 6.05. The molecule has 1 atom stereocenters. The maximum atomic E-state index is 12.6. The number of carbonyl (C=O) groups excluding carboxylic acids is 3. The molecule has 2 aromatic carbocycles. The van der Waals surface area contributed by atoms with Gasteiger partial charge in [0.25, 0.3) is 5.91 Å². The van der Waals surface area contributed by atoms with Gasteiger partial charge in [-0.25, -0.2) is 4.79 Å². The van der Waals surface area contributed by atoms with Gasteiger partial charge in [0, 0.05) is 23.6 Å². The number of hydrogen-bond acceptors (Lipinski definition) is 6. The molecule has 0 aliphatic carbocycles. The van der Waals surface area contributed by atoms with Gasteiger partial charge in [0.05, 0.1) is 12.3 Å². The number of hydrogen-bond donors (Lipinski definition) is 1. The summed E-state index contributed by atoms with van der Waals surface area (Å²) >= 11 is 0. The molecule has 1 aromatic heterocycles. The Morgan fingerprint density at radius 1 is 1.07 bits per heavy atom. The van der Waals surface area contributed by atoms with Gasteiger partial charge in [-0.05, 0) is 32.0 Å². The first kappa shape index (κ1) is 20.3. The van der Waals surface area contributed by atoms with E-state index in [9.17, 15) is 14.4 Å². The van der Waals surface area contributed by atoms with Gasteiger partial charge in [0.1, 0.15) is 5.58 Å². The van der Waals surface area contributed by atoms with E-state index in [0.717, 1.165) is 5.39 Å². The third kappa shape index (κ3) is 4.35. The molecule has 29 heavy (non-hydrogen) atoms. The number of benzene rings is 2. The zero-order valence-electron chi connectivity index (χ0n) is 16.4. The SMILES string of the molecule is COCc1c(C(=O)OC(C)C(=O)Nc2ccccc2C(C)=O)oc2ccccc12. The van der Waals surface area contributed by atoms with E-state index in [2.05, 4.69) is 5.32 Å². The monoisotopic (exact) mass is 395 g/mol. The van der Waals surface area contributed by atoms with Crippen molar-refractivity contribution in [3.63, 3.8) is 0 Å². The normalized spacial score (nSPS) is 11.8. The molecule has 1 N–H and O–H groups in total. The highest BCUT2D eigenvalue weighted by Gasteiger charge is 2.26. The fourth-order valence-electron chi connectivity index (χ4n) is 2.95. The van der Waals surface area contributed by atoms with Crippen LogP contribution in [-0.4, -0.2) is 30.9 Å². The van der Waals surface area contributed by atoms with Crippen LogP contribution in [-0.2, 0) is 20.9 Å². The van der Waals surface area contributed by atoms with Gasteiger partial charge < -0.3 is 19.2 Å². The molecule has 0 bridgehead atoms. The lowest BCUT2D eigenvalue weighted by atomic mass is 10.1. The van der Waals surface area contributed by atoms with E-state index in [0.29, 0.717) is 22.4 Å². The van der Waals surface area contributed by atoms with Crippen LogP contribution in [0.4, 0.5) is 5.69 Å². The van der Waals surface area contributed by atoms with Crippen LogP contribution in [0.5, 0.6) is 0 Å². The quantitative estimate of drug-likeness (QED) is 0.481. The van der Waals surface area contributed by atoms with Gasteiger partial charge in [-0.1, -0.05) is 30.3 Å². The summed E-state index contributed by atoms with van der Waals surface area (Å²) in [5.74, 6) is -1.51. The van der Waals surface area contributed by atoms with Crippen molar-refractivity contribution >= 4 is 34.3 Å². The first-order valence-corrected chi connectivity index (χ1v) is 9.03. The molecular weight excluding hydrogens is 374 g/mol. The minimum Gasteiger partial charge on any atom is -0.449 e. The van der Waals surface area contributed by atoms with Crippen molar-refractivity contribution in [1.29, 1.82) is 0 Å². The van der Waals surface area contributed by atoms with Crippen molar-refractivity contribution in [1.82, 2.24) is 0 Å². The van der Waals surface area contributed by atoms with E-state index in [4.69, 9.17) is 13.9 Å². The summed E-state index contributed by atoms with van der Waals surface area (Å²) < 4.78 is 16.1. The molecule has 3 aromatic rings. The van der Waals surface area contributed by atoms with E-state index in [1.54, 1.807) is 36.4 Å². The van der Waals surface area contributed by atoms with Crippen molar-refractivity contribution < 1.29 is 28.3 Å². The number of anilines is 1. The number of Topliss-reactive ketones (excluding diaryl/α,β-unsaturated/α-hetero) is 1. The Morgan fingerprint density at radius 3 is 2.48 bits per heavy atom. The Bertz CT molecular complexity index is 1070. The van der Waals surface area contributed by atoms with Gasteiger partial charge in [-0.3, -0.25) is 9.59 Å². The second kappa shape index (κ2) is 8.70. The number of amides is 1. The van der Waals surface area contributed by atoms with Gasteiger partial charge >= 0.3 is 5.97 Å². The molecule has 3 rings (SSSR count). The molecule has 0 aliphatic rings. The average molecular weight is 395 g/mol. The number of fused-ring (bicyclic) bond motifs is 1. The maximum Gasteiger partial charge on any atom is 0.375 e. The maximum absolute atomic E-state index is 12.6. The van der Waals surface area contributed by atoms with Crippen LogP contribution in [0.15, 0.2) is 52.9 Å². The number of nitrogens with one attached hydrogen (secondary N) is 1. The van der Waals surface area contributed by atoms with Crippen LogP contribution in [0.25, 0.3) is 11.0 Å². The summed E-state index contributed by atoms with van der Waals surface area (Å²) in [6.45, 7) is 3.02. The molecule has 0 saturated carbocycles. The summed E-state index contributed by atoms with van der Waals surface area (Å²) in [5.41, 5.74) is 1.82. The number of rotatable bonds is 7. The van der Waals surface area contributed by atoms with Gasteiger partial charge in [-0.2, -0.15) is 0 Å². The smallest absolute Gasteiger partial charge is 0.375 e. The Morgan fingerprint density at radius 2 is 1.76 bits per heavy atom. The van der Waals surface area contributed by atoms with E-state index in [-0.39, 0.29) is 18.2 Å². The highest BCUT2D eigenvalue weighted by Crippen LogP contribution is 2.27. The minimum atomic E-state index is -1.11. The predicted molar refractivity (Wildman–Crippen MR) is 107 cm³/mol. The van der Waals surface area contributed by atoms with Crippen molar-refractivity contribution in [2.45, 2.75) is 26.6 Å². The molecule has 1 unspecified atom stereocenters. The van der Waals surface area contributed by atoms with Crippen LogP contribution >= 0.6 is 0 Å². The summed E-state index contributed by atoms with van der Waals surface area (Å²) in [5, 5.41) is 3.37. The lowest BCUT2D eigenvalue weighted by Crippen LogP contribution is -2.30. The van der Waals surface area contributed by atoms with Crippen LogP contribution < -0.4 is 5.32 Å². The predicted octanol–water partition coefficient (Wildman–Crippen LogP) is 3.97. The summed E-state index contributed by atoms with van der Waals surface area (Å²) in [6.07, 6.45) is -1.11. The number of carbonyl (C=O) groups is 3. The molecule has 0 radical (unpaired) electrons. The third-order valence-corrected chi connectivity index (χ3v) is 4.39. The first-order chi connectivity index (χ1) is 13.9. The number of ketones is 1. The molecule has 0 spiro atoms. The lowest BCUT2D eigenvalue weighted by Gasteiger charge is -2.14. The Kier molecular flexibility index (Phi) is 6.09. The van der Waals surface area contributed by atoms with E-state index in [1.807, 2.05) is 12.1 Å². The molecule has 150 valence electrons. The average Bonchev–Trinajstić information content (AvgIpc) is 3.07. The second-order valence-corrected chi connectivity index (χ2v) is 6.48. The molecule has 0 saturated heterocycles. The van der Waals surface area contributed by atoms with Gasteiger partial charge in [0.15, 0.2) is 11.9 Å².